The van der Waals surface area contributed by atoms with E-state index in [9.17, 15) is 0 Å². The van der Waals surface area contributed by atoms with Crippen LogP contribution in [-0.4, -0.2) is 49.3 Å². The van der Waals surface area contributed by atoms with Crippen molar-refractivity contribution in [3.05, 3.63) is 34.3 Å². The van der Waals surface area contributed by atoms with Crippen LogP contribution in [0.4, 0.5) is 0 Å². The number of benzene rings is 1. The van der Waals surface area contributed by atoms with Gasteiger partial charge in [0, 0.05) is 29.6 Å². The molecule has 2 rings (SSSR count). The molecule has 1 fully saturated rings. The zero-order valence-electron chi connectivity index (χ0n) is 13.3. The highest BCUT2D eigenvalue weighted by molar-refractivity contribution is 9.10. The van der Waals surface area contributed by atoms with Gasteiger partial charge in [-0.3, -0.25) is 4.90 Å². The van der Waals surface area contributed by atoms with Crippen LogP contribution in [0, 0.1) is 0 Å². The van der Waals surface area contributed by atoms with Crippen molar-refractivity contribution in [1.29, 1.82) is 0 Å². The molecule has 0 bridgehead atoms. The van der Waals surface area contributed by atoms with Crippen LogP contribution in [0.15, 0.2) is 28.7 Å². The summed E-state index contributed by atoms with van der Waals surface area (Å²) >= 11 is 3.66. The fourth-order valence-electron chi connectivity index (χ4n) is 2.91. The first kappa shape index (κ1) is 16.9. The van der Waals surface area contributed by atoms with Gasteiger partial charge in [-0.05, 0) is 38.4 Å². The first-order chi connectivity index (χ1) is 10.1. The number of hydrogen-bond donors (Lipinski definition) is 1. The van der Waals surface area contributed by atoms with E-state index in [1.807, 2.05) is 0 Å². The Bertz CT molecular complexity index is 439. The highest BCUT2D eigenvalue weighted by Crippen LogP contribution is 2.21. The molecule has 0 aromatic heterocycles. The Morgan fingerprint density at radius 3 is 2.81 bits per heavy atom. The first-order valence-corrected chi connectivity index (χ1v) is 8.73. The Balaban J connectivity index is 2.06. The summed E-state index contributed by atoms with van der Waals surface area (Å²) in [5, 5.41) is 3.62. The van der Waals surface area contributed by atoms with E-state index in [4.69, 9.17) is 4.74 Å². The van der Waals surface area contributed by atoms with Gasteiger partial charge < -0.3 is 10.1 Å². The molecule has 1 heterocycles. The second kappa shape index (κ2) is 8.28. The van der Waals surface area contributed by atoms with E-state index in [1.54, 1.807) is 0 Å². The van der Waals surface area contributed by atoms with Crippen LogP contribution in [0.5, 0.6) is 0 Å². The molecule has 3 nitrogen and oxygen atoms in total. The van der Waals surface area contributed by atoms with Crippen molar-refractivity contribution in [3.8, 4) is 0 Å². The summed E-state index contributed by atoms with van der Waals surface area (Å²) in [5.74, 6) is 0. The minimum atomic E-state index is 0.258. The van der Waals surface area contributed by atoms with Crippen LogP contribution < -0.4 is 5.32 Å². The van der Waals surface area contributed by atoms with Gasteiger partial charge in [-0.25, -0.2) is 0 Å². The summed E-state index contributed by atoms with van der Waals surface area (Å²) in [6, 6.07) is 9.41. The molecular formula is C17H27BrN2O. The Morgan fingerprint density at radius 2 is 2.14 bits per heavy atom. The normalized spacial score (nSPS) is 21.7. The molecule has 0 aliphatic carbocycles. The third kappa shape index (κ3) is 4.78. The number of rotatable bonds is 6. The number of likely N-dealkylation sites (N-methyl/N-ethyl adjacent to an activating group) is 1. The minimum Gasteiger partial charge on any atom is -0.374 e. The molecule has 118 valence electrons. The zero-order chi connectivity index (χ0) is 15.2. The van der Waals surface area contributed by atoms with Crippen molar-refractivity contribution in [3.63, 3.8) is 0 Å². The van der Waals surface area contributed by atoms with Crippen LogP contribution in [0.1, 0.15) is 26.3 Å². The van der Waals surface area contributed by atoms with E-state index in [2.05, 4.69) is 71.2 Å². The van der Waals surface area contributed by atoms with Crippen molar-refractivity contribution in [1.82, 2.24) is 10.2 Å². The fourth-order valence-corrected chi connectivity index (χ4v) is 3.35. The largest absolute Gasteiger partial charge is 0.374 e. The lowest BCUT2D eigenvalue weighted by atomic mass is 9.99. The highest BCUT2D eigenvalue weighted by atomic mass is 79.9. The molecule has 1 aliphatic heterocycles. The quantitative estimate of drug-likeness (QED) is 0.849. The average molecular weight is 355 g/mol. The standard InChI is InChI=1S/C17H27BrN2O/c1-4-19-16(11-14-7-5-6-8-15(14)18)17-12-20(13(2)3)9-10-21-17/h5-8,13,16-17,19H,4,9-12H2,1-3H3. The number of nitrogens with one attached hydrogen (secondary N) is 1. The number of morpholine rings is 1. The summed E-state index contributed by atoms with van der Waals surface area (Å²) in [5.41, 5.74) is 1.34. The van der Waals surface area contributed by atoms with Crippen molar-refractivity contribution >= 4 is 15.9 Å². The van der Waals surface area contributed by atoms with E-state index in [0.29, 0.717) is 12.1 Å². The van der Waals surface area contributed by atoms with Crippen LogP contribution in [0.2, 0.25) is 0 Å². The van der Waals surface area contributed by atoms with Gasteiger partial charge in [-0.15, -0.1) is 0 Å². The van der Waals surface area contributed by atoms with Crippen LogP contribution in [-0.2, 0) is 11.2 Å². The molecule has 1 N–H and O–H groups in total. The second-order valence-corrected chi connectivity index (χ2v) is 6.81. The molecule has 1 saturated heterocycles. The van der Waals surface area contributed by atoms with Gasteiger partial charge >= 0.3 is 0 Å². The Hall–Kier alpha value is -0.420. The molecule has 1 aromatic carbocycles. The Labute approximate surface area is 137 Å². The van der Waals surface area contributed by atoms with Crippen molar-refractivity contribution in [2.24, 2.45) is 0 Å². The molecule has 0 spiro atoms. The van der Waals surface area contributed by atoms with E-state index in [1.165, 1.54) is 10.0 Å². The van der Waals surface area contributed by atoms with Crippen molar-refractivity contribution in [2.75, 3.05) is 26.2 Å². The van der Waals surface area contributed by atoms with Crippen molar-refractivity contribution in [2.45, 2.75) is 45.4 Å². The predicted octanol–water partition coefficient (Wildman–Crippen LogP) is 3.08. The van der Waals surface area contributed by atoms with Crippen LogP contribution in [0.25, 0.3) is 0 Å². The predicted molar refractivity (Wildman–Crippen MR) is 91.8 cm³/mol. The lowest BCUT2D eigenvalue weighted by Gasteiger charge is -2.39. The number of hydrogen-bond acceptors (Lipinski definition) is 3. The summed E-state index contributed by atoms with van der Waals surface area (Å²) < 4.78 is 7.25. The van der Waals surface area contributed by atoms with Gasteiger partial charge in [-0.1, -0.05) is 41.1 Å². The van der Waals surface area contributed by atoms with Gasteiger partial charge in [0.05, 0.1) is 12.7 Å². The second-order valence-electron chi connectivity index (χ2n) is 5.96. The summed E-state index contributed by atoms with van der Waals surface area (Å²) in [6.07, 6.45) is 1.25. The molecule has 0 amide bonds. The fraction of sp³-hybridized carbons (Fsp3) is 0.647. The van der Waals surface area contributed by atoms with Crippen LogP contribution in [0.3, 0.4) is 0 Å². The van der Waals surface area contributed by atoms with Crippen LogP contribution >= 0.6 is 15.9 Å². The van der Waals surface area contributed by atoms with Gasteiger partial charge in [0.2, 0.25) is 0 Å². The third-order valence-corrected chi connectivity index (χ3v) is 4.94. The van der Waals surface area contributed by atoms with E-state index < -0.39 is 0 Å². The van der Waals surface area contributed by atoms with Gasteiger partial charge in [0.25, 0.3) is 0 Å². The highest BCUT2D eigenvalue weighted by Gasteiger charge is 2.29. The van der Waals surface area contributed by atoms with E-state index in [-0.39, 0.29) is 6.10 Å². The van der Waals surface area contributed by atoms with Gasteiger partial charge in [-0.2, -0.15) is 0 Å². The van der Waals surface area contributed by atoms with E-state index in [0.717, 1.165) is 32.7 Å². The summed E-state index contributed by atoms with van der Waals surface area (Å²) in [7, 11) is 0. The van der Waals surface area contributed by atoms with Gasteiger partial charge in [0.15, 0.2) is 0 Å². The maximum absolute atomic E-state index is 6.07. The smallest absolute Gasteiger partial charge is 0.0858 e. The number of ether oxygens (including phenoxy) is 1. The average Bonchev–Trinajstić information content (AvgIpc) is 2.49. The van der Waals surface area contributed by atoms with E-state index >= 15 is 0 Å². The third-order valence-electron chi connectivity index (χ3n) is 4.17. The monoisotopic (exact) mass is 354 g/mol. The lowest BCUT2D eigenvalue weighted by Crippen LogP contribution is -2.54. The number of nitrogens with zero attached hydrogens (tertiary/aromatic N) is 1. The maximum atomic E-state index is 6.07. The maximum Gasteiger partial charge on any atom is 0.0858 e. The summed E-state index contributed by atoms with van der Waals surface area (Å²) in [4.78, 5) is 2.51. The van der Waals surface area contributed by atoms with Crippen molar-refractivity contribution < 1.29 is 4.74 Å². The van der Waals surface area contributed by atoms with Gasteiger partial charge in [0.1, 0.15) is 0 Å². The Kier molecular flexibility index (Phi) is 6.68. The number of halogens is 1. The topological polar surface area (TPSA) is 24.5 Å². The molecule has 1 aromatic rings. The molecule has 21 heavy (non-hydrogen) atoms. The lowest BCUT2D eigenvalue weighted by molar-refractivity contribution is -0.0550. The Morgan fingerprint density at radius 1 is 1.38 bits per heavy atom. The first-order valence-electron chi connectivity index (χ1n) is 7.94. The molecule has 2 atom stereocenters. The molecular weight excluding hydrogens is 328 g/mol. The molecule has 4 heteroatoms. The molecule has 2 unspecified atom stereocenters. The minimum absolute atomic E-state index is 0.258. The summed E-state index contributed by atoms with van der Waals surface area (Å²) in [6.45, 7) is 10.5. The molecule has 0 saturated carbocycles. The molecule has 1 aliphatic rings. The zero-order valence-corrected chi connectivity index (χ0v) is 14.9. The molecule has 0 radical (unpaired) electrons. The SMILES string of the molecule is CCNC(Cc1ccccc1Br)C1CN(C(C)C)CCO1.